The fourth-order valence-electron chi connectivity index (χ4n) is 2.32. The molecule has 2 aromatic rings. The molecule has 1 aromatic carbocycles. The largest absolute Gasteiger partial charge is 0.440 e. The van der Waals surface area contributed by atoms with Gasteiger partial charge in [-0.2, -0.15) is 10.1 Å². The predicted molar refractivity (Wildman–Crippen MR) is 95.7 cm³/mol. The molecule has 5 nitrogen and oxygen atoms in total. The van der Waals surface area contributed by atoms with E-state index in [9.17, 15) is 4.79 Å². The number of anilines is 2. The Morgan fingerprint density at radius 2 is 1.96 bits per heavy atom. The molecule has 0 saturated heterocycles. The number of carbonyl (C=O) groups excluding carboxylic acids is 1. The van der Waals surface area contributed by atoms with E-state index in [1.165, 1.54) is 5.01 Å². The van der Waals surface area contributed by atoms with Crippen molar-refractivity contribution in [3.63, 3.8) is 0 Å². The van der Waals surface area contributed by atoms with E-state index in [0.717, 1.165) is 10.2 Å². The number of benzene rings is 1. The lowest BCUT2D eigenvalue weighted by Crippen LogP contribution is -2.21. The van der Waals surface area contributed by atoms with Gasteiger partial charge in [0.15, 0.2) is 0 Å². The highest BCUT2D eigenvalue weighted by atomic mass is 79.9. The lowest BCUT2D eigenvalue weighted by atomic mass is 10.1. The lowest BCUT2D eigenvalue weighted by Gasteiger charge is -2.10. The maximum atomic E-state index is 12.6. The van der Waals surface area contributed by atoms with Crippen molar-refractivity contribution in [2.24, 2.45) is 5.10 Å². The Bertz CT molecular complexity index is 807. The second-order valence-electron chi connectivity index (χ2n) is 5.39. The first-order valence-electron chi connectivity index (χ1n) is 7.11. The minimum absolute atomic E-state index is 0.160. The number of rotatable bonds is 3. The Balaban J connectivity index is 1.94. The van der Waals surface area contributed by atoms with Crippen LogP contribution in [0, 0.1) is 0 Å². The number of para-hydroxylation sites is 1. The second-order valence-corrected chi connectivity index (χ2v) is 6.25. The van der Waals surface area contributed by atoms with Crippen molar-refractivity contribution in [2.75, 3.05) is 24.0 Å². The molecule has 6 heteroatoms. The van der Waals surface area contributed by atoms with Gasteiger partial charge in [-0.15, -0.1) is 0 Å². The van der Waals surface area contributed by atoms with Crippen LogP contribution in [0.2, 0.25) is 0 Å². The van der Waals surface area contributed by atoms with Crippen molar-refractivity contribution in [2.45, 2.75) is 6.92 Å². The molecule has 2 heterocycles. The lowest BCUT2D eigenvalue weighted by molar-refractivity contribution is -0.114. The molecule has 0 radical (unpaired) electrons. The van der Waals surface area contributed by atoms with Gasteiger partial charge in [-0.3, -0.25) is 4.79 Å². The highest BCUT2D eigenvalue weighted by Gasteiger charge is 2.29. The first-order chi connectivity index (χ1) is 11.0. The van der Waals surface area contributed by atoms with Crippen molar-refractivity contribution in [1.82, 2.24) is 0 Å². The molecular weight excluding hydrogens is 358 g/mol. The zero-order chi connectivity index (χ0) is 16.6. The predicted octanol–water partition coefficient (Wildman–Crippen LogP) is 3.91. The molecule has 0 N–H and O–H groups in total. The van der Waals surface area contributed by atoms with Gasteiger partial charge in [0.25, 0.3) is 5.91 Å². The van der Waals surface area contributed by atoms with Crippen LogP contribution in [0.25, 0.3) is 6.08 Å². The van der Waals surface area contributed by atoms with Crippen LogP contribution < -0.4 is 9.91 Å². The molecule has 0 unspecified atom stereocenters. The first kappa shape index (κ1) is 15.6. The molecule has 0 spiro atoms. The summed E-state index contributed by atoms with van der Waals surface area (Å²) < 4.78 is 6.59. The quantitative estimate of drug-likeness (QED) is 0.766. The maximum absolute atomic E-state index is 12.6. The standard InChI is InChI=1S/C17H16BrN3O2/c1-11-14(9-13-10-15(18)17(23-13)20(2)3)16(22)21(19-11)12-7-5-4-6-8-12/h4-10H,1-3H3/b14-9+. The molecular formula is C17H16BrN3O2. The van der Waals surface area contributed by atoms with Gasteiger partial charge in [0.2, 0.25) is 5.88 Å². The highest BCUT2D eigenvalue weighted by molar-refractivity contribution is 9.10. The van der Waals surface area contributed by atoms with Crippen LogP contribution in [0.3, 0.4) is 0 Å². The van der Waals surface area contributed by atoms with E-state index in [1.54, 1.807) is 6.08 Å². The number of halogens is 1. The molecule has 3 rings (SSSR count). The fourth-order valence-corrected chi connectivity index (χ4v) is 2.98. The Hall–Kier alpha value is -2.34. The Kier molecular flexibility index (Phi) is 4.09. The van der Waals surface area contributed by atoms with Crippen molar-refractivity contribution in [3.05, 3.63) is 52.2 Å². The van der Waals surface area contributed by atoms with E-state index in [2.05, 4.69) is 21.0 Å². The average Bonchev–Trinajstić information content (AvgIpc) is 3.03. The number of furan rings is 1. The molecule has 1 aromatic heterocycles. The zero-order valence-electron chi connectivity index (χ0n) is 13.1. The van der Waals surface area contributed by atoms with Crippen LogP contribution in [0.15, 0.2) is 56.0 Å². The number of carbonyl (C=O) groups is 1. The smallest absolute Gasteiger partial charge is 0.280 e. The van der Waals surface area contributed by atoms with E-state index >= 15 is 0 Å². The van der Waals surface area contributed by atoms with Gasteiger partial charge < -0.3 is 9.32 Å². The Labute approximate surface area is 143 Å². The number of amides is 1. The molecule has 23 heavy (non-hydrogen) atoms. The van der Waals surface area contributed by atoms with Crippen LogP contribution >= 0.6 is 15.9 Å². The third-order valence-electron chi connectivity index (χ3n) is 3.44. The van der Waals surface area contributed by atoms with E-state index in [-0.39, 0.29) is 5.91 Å². The normalized spacial score (nSPS) is 16.2. The molecule has 118 valence electrons. The van der Waals surface area contributed by atoms with Crippen LogP contribution in [0.4, 0.5) is 11.6 Å². The minimum atomic E-state index is -0.160. The summed E-state index contributed by atoms with van der Waals surface area (Å²) in [5, 5.41) is 5.76. The monoisotopic (exact) mass is 373 g/mol. The summed E-state index contributed by atoms with van der Waals surface area (Å²) in [4.78, 5) is 14.5. The van der Waals surface area contributed by atoms with E-state index in [1.807, 2.05) is 62.3 Å². The molecule has 1 aliphatic heterocycles. The third kappa shape index (κ3) is 2.94. The summed E-state index contributed by atoms with van der Waals surface area (Å²) in [5.41, 5.74) is 1.94. The molecule has 0 fully saturated rings. The van der Waals surface area contributed by atoms with Gasteiger partial charge >= 0.3 is 0 Å². The number of hydrazone groups is 1. The van der Waals surface area contributed by atoms with E-state index < -0.39 is 0 Å². The van der Waals surface area contributed by atoms with Crippen LogP contribution in [0.5, 0.6) is 0 Å². The van der Waals surface area contributed by atoms with Crippen LogP contribution in [-0.4, -0.2) is 25.7 Å². The number of hydrogen-bond donors (Lipinski definition) is 0. The maximum Gasteiger partial charge on any atom is 0.280 e. The summed E-state index contributed by atoms with van der Waals surface area (Å²) >= 11 is 3.46. The van der Waals surface area contributed by atoms with Gasteiger partial charge in [-0.05, 0) is 41.1 Å². The Morgan fingerprint density at radius 3 is 2.57 bits per heavy atom. The van der Waals surface area contributed by atoms with E-state index in [4.69, 9.17) is 4.42 Å². The summed E-state index contributed by atoms with van der Waals surface area (Å²) in [7, 11) is 3.79. The van der Waals surface area contributed by atoms with Gasteiger partial charge in [-0.1, -0.05) is 18.2 Å². The summed E-state index contributed by atoms with van der Waals surface area (Å²) in [6.07, 6.45) is 1.72. The van der Waals surface area contributed by atoms with Crippen LogP contribution in [0.1, 0.15) is 12.7 Å². The average molecular weight is 374 g/mol. The van der Waals surface area contributed by atoms with Crippen molar-refractivity contribution < 1.29 is 9.21 Å². The third-order valence-corrected chi connectivity index (χ3v) is 4.01. The zero-order valence-corrected chi connectivity index (χ0v) is 14.7. The van der Waals surface area contributed by atoms with Gasteiger partial charge in [0, 0.05) is 20.2 Å². The Morgan fingerprint density at radius 1 is 1.26 bits per heavy atom. The van der Waals surface area contributed by atoms with Gasteiger partial charge in [0.05, 0.1) is 21.4 Å². The van der Waals surface area contributed by atoms with Gasteiger partial charge in [-0.25, -0.2) is 0 Å². The molecule has 1 aliphatic rings. The topological polar surface area (TPSA) is 49.1 Å². The van der Waals surface area contributed by atoms with Crippen LogP contribution in [-0.2, 0) is 4.79 Å². The number of hydrogen-bond acceptors (Lipinski definition) is 4. The summed E-state index contributed by atoms with van der Waals surface area (Å²) in [5.74, 6) is 1.15. The molecule has 0 bridgehead atoms. The van der Waals surface area contributed by atoms with Crippen molar-refractivity contribution in [1.29, 1.82) is 0 Å². The van der Waals surface area contributed by atoms with Gasteiger partial charge in [0.1, 0.15) is 5.76 Å². The minimum Gasteiger partial charge on any atom is -0.440 e. The fraction of sp³-hybridized carbons (Fsp3) is 0.176. The van der Waals surface area contributed by atoms with E-state index in [0.29, 0.717) is 22.9 Å². The number of nitrogens with zero attached hydrogens (tertiary/aromatic N) is 3. The second kappa shape index (κ2) is 6.04. The SMILES string of the molecule is CC1=NN(c2ccccc2)C(=O)/C1=C/c1cc(Br)c(N(C)C)o1. The first-order valence-corrected chi connectivity index (χ1v) is 7.90. The van der Waals surface area contributed by atoms with Crippen molar-refractivity contribution >= 4 is 45.2 Å². The summed E-state index contributed by atoms with van der Waals surface area (Å²) in [6, 6.07) is 11.2. The molecule has 0 atom stereocenters. The molecule has 0 saturated carbocycles. The summed E-state index contributed by atoms with van der Waals surface area (Å²) in [6.45, 7) is 1.82. The van der Waals surface area contributed by atoms with Crippen molar-refractivity contribution in [3.8, 4) is 0 Å². The highest BCUT2D eigenvalue weighted by Crippen LogP contribution is 2.31. The molecule has 0 aliphatic carbocycles. The molecule has 1 amide bonds.